The topological polar surface area (TPSA) is 32.3 Å². The smallest absolute Gasteiger partial charge is 0.251 e. The molecule has 1 amide bonds. The van der Waals surface area contributed by atoms with Crippen LogP contribution < -0.4 is 5.32 Å². The molecule has 1 heterocycles. The van der Waals surface area contributed by atoms with Crippen molar-refractivity contribution < 1.29 is 4.79 Å². The highest BCUT2D eigenvalue weighted by Gasteiger charge is 2.18. The molecule has 0 aliphatic carbocycles. The number of carbonyl (C=O) groups excluding carboxylic acids is 1. The number of rotatable bonds is 4. The Morgan fingerprint density at radius 2 is 2.15 bits per heavy atom. The zero-order valence-corrected chi connectivity index (χ0v) is 14.0. The first-order valence-corrected chi connectivity index (χ1v) is 8.23. The Balaban J connectivity index is 1.82. The lowest BCUT2D eigenvalue weighted by atomic mass is 9.97. The summed E-state index contributed by atoms with van der Waals surface area (Å²) in [5.41, 5.74) is 0.646. The molecule has 0 aromatic heterocycles. The summed E-state index contributed by atoms with van der Waals surface area (Å²) in [5.74, 6) is 0.567. The average molecular weight is 360 g/mol. The molecule has 20 heavy (non-hydrogen) atoms. The van der Waals surface area contributed by atoms with Gasteiger partial charge in [0.15, 0.2) is 0 Å². The molecule has 0 spiro atoms. The number of hydrogen-bond acceptors (Lipinski definition) is 2. The molecule has 0 bridgehead atoms. The molecule has 1 aromatic rings. The van der Waals surface area contributed by atoms with E-state index in [1.54, 1.807) is 18.2 Å². The number of carbonyl (C=O) groups is 1. The van der Waals surface area contributed by atoms with Gasteiger partial charge in [0.25, 0.3) is 5.91 Å². The number of nitrogens with zero attached hydrogens (tertiary/aromatic N) is 1. The zero-order chi connectivity index (χ0) is 14.5. The summed E-state index contributed by atoms with van der Waals surface area (Å²) in [6.07, 6.45) is 2.33. The van der Waals surface area contributed by atoms with Gasteiger partial charge < -0.3 is 10.2 Å². The number of likely N-dealkylation sites (tertiary alicyclic amines) is 1. The number of nitrogens with one attached hydrogen (secondary N) is 1. The molecule has 2 rings (SSSR count). The van der Waals surface area contributed by atoms with Gasteiger partial charge >= 0.3 is 0 Å². The molecular weight excluding hydrogens is 340 g/mol. The lowest BCUT2D eigenvalue weighted by molar-refractivity contribution is 0.0937. The predicted molar refractivity (Wildman–Crippen MR) is 86.3 cm³/mol. The second kappa shape index (κ2) is 7.43. The van der Waals surface area contributed by atoms with Gasteiger partial charge in [-0.1, -0.05) is 18.5 Å². The van der Waals surface area contributed by atoms with Gasteiger partial charge in [0, 0.05) is 16.6 Å². The van der Waals surface area contributed by atoms with E-state index in [1.165, 1.54) is 12.8 Å². The highest BCUT2D eigenvalue weighted by atomic mass is 79.9. The Morgan fingerprint density at radius 3 is 2.75 bits per heavy atom. The number of hydrogen-bond donors (Lipinski definition) is 1. The van der Waals surface area contributed by atoms with Crippen molar-refractivity contribution in [1.82, 2.24) is 10.2 Å². The van der Waals surface area contributed by atoms with Gasteiger partial charge in [0.2, 0.25) is 0 Å². The average Bonchev–Trinajstić information content (AvgIpc) is 2.48. The minimum atomic E-state index is -0.0275. The van der Waals surface area contributed by atoms with Crippen LogP contribution in [0.5, 0.6) is 0 Å². The first kappa shape index (κ1) is 15.8. The fourth-order valence-corrected chi connectivity index (χ4v) is 2.98. The van der Waals surface area contributed by atoms with Crippen molar-refractivity contribution in [2.45, 2.75) is 19.8 Å². The van der Waals surface area contributed by atoms with Gasteiger partial charge in [-0.25, -0.2) is 0 Å². The van der Waals surface area contributed by atoms with E-state index < -0.39 is 0 Å². The molecular formula is C15H20BrClN2O. The largest absolute Gasteiger partial charge is 0.352 e. The van der Waals surface area contributed by atoms with E-state index in [1.807, 2.05) is 0 Å². The van der Waals surface area contributed by atoms with Crippen LogP contribution in [-0.2, 0) is 0 Å². The highest BCUT2D eigenvalue weighted by molar-refractivity contribution is 9.10. The molecule has 5 heteroatoms. The molecule has 1 aliphatic rings. The molecule has 0 radical (unpaired) electrons. The lowest BCUT2D eigenvalue weighted by Crippen LogP contribution is -2.38. The summed E-state index contributed by atoms with van der Waals surface area (Å²) in [5, 5.41) is 3.65. The van der Waals surface area contributed by atoms with Crippen LogP contribution in [0, 0.1) is 5.92 Å². The van der Waals surface area contributed by atoms with Crippen molar-refractivity contribution in [3.8, 4) is 0 Å². The van der Waals surface area contributed by atoms with E-state index >= 15 is 0 Å². The lowest BCUT2D eigenvalue weighted by Gasteiger charge is -2.31. The minimum absolute atomic E-state index is 0.0275. The molecule has 1 aromatic carbocycles. The summed E-state index contributed by atoms with van der Waals surface area (Å²) in [4.78, 5) is 14.5. The number of halogens is 2. The van der Waals surface area contributed by atoms with Crippen molar-refractivity contribution in [2.75, 3.05) is 26.2 Å². The van der Waals surface area contributed by atoms with E-state index in [0.29, 0.717) is 16.5 Å². The monoisotopic (exact) mass is 358 g/mol. The fourth-order valence-electron chi connectivity index (χ4n) is 2.48. The second-order valence-corrected chi connectivity index (χ2v) is 6.48. The molecule has 1 saturated heterocycles. The Kier molecular flexibility index (Phi) is 5.87. The third-order valence-corrected chi connectivity index (χ3v) is 5.10. The third-order valence-electron chi connectivity index (χ3n) is 3.89. The third kappa shape index (κ3) is 4.21. The standard InChI is InChI=1S/C15H20BrClN2O/c1-2-19-7-5-11(6-8-19)10-18-15(20)12-3-4-14(17)13(16)9-12/h3-4,9,11H,2,5-8,10H2,1H3,(H,18,20). The fraction of sp³-hybridized carbons (Fsp3) is 0.533. The quantitative estimate of drug-likeness (QED) is 0.891. The Labute approximate surface area is 133 Å². The van der Waals surface area contributed by atoms with E-state index in [2.05, 4.69) is 33.1 Å². The van der Waals surface area contributed by atoms with Crippen LogP contribution in [0.15, 0.2) is 22.7 Å². The summed E-state index contributed by atoms with van der Waals surface area (Å²) in [7, 11) is 0. The van der Waals surface area contributed by atoms with Crippen molar-refractivity contribution in [1.29, 1.82) is 0 Å². The van der Waals surface area contributed by atoms with Crippen LogP contribution in [0.2, 0.25) is 5.02 Å². The molecule has 3 nitrogen and oxygen atoms in total. The van der Waals surface area contributed by atoms with E-state index in [4.69, 9.17) is 11.6 Å². The van der Waals surface area contributed by atoms with Gasteiger partial charge in [-0.05, 0) is 72.5 Å². The van der Waals surface area contributed by atoms with E-state index in [9.17, 15) is 4.79 Å². The Bertz CT molecular complexity index is 473. The van der Waals surface area contributed by atoms with Crippen LogP contribution in [0.4, 0.5) is 0 Å². The summed E-state index contributed by atoms with van der Waals surface area (Å²) in [6.45, 7) is 6.36. The second-order valence-electron chi connectivity index (χ2n) is 5.22. The van der Waals surface area contributed by atoms with Gasteiger partial charge in [0.05, 0.1) is 5.02 Å². The maximum absolute atomic E-state index is 12.1. The number of benzene rings is 1. The minimum Gasteiger partial charge on any atom is -0.352 e. The molecule has 0 saturated carbocycles. The maximum Gasteiger partial charge on any atom is 0.251 e. The normalized spacial score (nSPS) is 17.1. The van der Waals surface area contributed by atoms with Gasteiger partial charge in [0.1, 0.15) is 0 Å². The number of amides is 1. The summed E-state index contributed by atoms with van der Waals surface area (Å²) >= 11 is 9.27. The van der Waals surface area contributed by atoms with Crippen LogP contribution in [0.3, 0.4) is 0 Å². The molecule has 110 valence electrons. The molecule has 1 fully saturated rings. The van der Waals surface area contributed by atoms with Gasteiger partial charge in [-0.15, -0.1) is 0 Å². The summed E-state index contributed by atoms with van der Waals surface area (Å²) in [6, 6.07) is 5.25. The van der Waals surface area contributed by atoms with Crippen LogP contribution in [0.25, 0.3) is 0 Å². The first-order valence-electron chi connectivity index (χ1n) is 7.05. The van der Waals surface area contributed by atoms with Crippen molar-refractivity contribution in [3.05, 3.63) is 33.3 Å². The summed E-state index contributed by atoms with van der Waals surface area (Å²) < 4.78 is 0.753. The van der Waals surface area contributed by atoms with Crippen LogP contribution in [-0.4, -0.2) is 37.0 Å². The first-order chi connectivity index (χ1) is 9.60. The van der Waals surface area contributed by atoms with Crippen molar-refractivity contribution in [2.24, 2.45) is 5.92 Å². The SMILES string of the molecule is CCN1CCC(CNC(=O)c2ccc(Cl)c(Br)c2)CC1. The molecule has 1 N–H and O–H groups in total. The van der Waals surface area contributed by atoms with Crippen LogP contribution >= 0.6 is 27.5 Å². The van der Waals surface area contributed by atoms with E-state index in [-0.39, 0.29) is 5.91 Å². The molecule has 0 unspecified atom stereocenters. The Morgan fingerprint density at radius 1 is 1.45 bits per heavy atom. The van der Waals surface area contributed by atoms with Crippen molar-refractivity contribution in [3.63, 3.8) is 0 Å². The van der Waals surface area contributed by atoms with Gasteiger partial charge in [-0.2, -0.15) is 0 Å². The van der Waals surface area contributed by atoms with E-state index in [0.717, 1.165) is 30.7 Å². The molecule has 1 aliphatic heterocycles. The van der Waals surface area contributed by atoms with Crippen molar-refractivity contribution >= 4 is 33.4 Å². The van der Waals surface area contributed by atoms with Crippen LogP contribution in [0.1, 0.15) is 30.1 Å². The maximum atomic E-state index is 12.1. The Hall–Kier alpha value is -0.580. The predicted octanol–water partition coefficient (Wildman–Crippen LogP) is 3.56. The van der Waals surface area contributed by atoms with Gasteiger partial charge in [-0.3, -0.25) is 4.79 Å². The highest BCUT2D eigenvalue weighted by Crippen LogP contribution is 2.23. The molecule has 0 atom stereocenters. The zero-order valence-electron chi connectivity index (χ0n) is 11.7. The number of piperidine rings is 1.